The highest BCUT2D eigenvalue weighted by atomic mass is 79.9. The van der Waals surface area contributed by atoms with Gasteiger partial charge < -0.3 is 0 Å². The van der Waals surface area contributed by atoms with E-state index in [1.165, 1.54) is 0 Å². The average molecular weight is 218 g/mol. The van der Waals surface area contributed by atoms with E-state index in [4.69, 9.17) is 0 Å². The van der Waals surface area contributed by atoms with Crippen molar-refractivity contribution in [2.75, 3.05) is 0 Å². The van der Waals surface area contributed by atoms with Crippen LogP contribution in [0, 0.1) is 0 Å². The van der Waals surface area contributed by atoms with Crippen molar-refractivity contribution in [1.29, 1.82) is 0 Å². The summed E-state index contributed by atoms with van der Waals surface area (Å²) in [6.07, 6.45) is 0. The third-order valence-electron chi connectivity index (χ3n) is 0. The summed E-state index contributed by atoms with van der Waals surface area (Å²) in [5.74, 6) is 0. The Hall–Kier alpha value is 1.09. The van der Waals surface area contributed by atoms with Crippen molar-refractivity contribution < 1.29 is 0 Å². The van der Waals surface area contributed by atoms with Gasteiger partial charge in [0.25, 0.3) is 0 Å². The maximum Gasteiger partial charge on any atom is -0.106 e. The topological polar surface area (TPSA) is 0 Å². The number of hydrogen-bond acceptors (Lipinski definition) is 0. The number of rotatable bonds is 0. The van der Waals surface area contributed by atoms with Crippen molar-refractivity contribution in [2.24, 2.45) is 0 Å². The molecule has 0 aromatic rings. The molecule has 0 heterocycles. The zero-order valence-corrected chi connectivity index (χ0v) is 7.21. The zero-order chi connectivity index (χ0) is 2.00. The van der Waals surface area contributed by atoms with Crippen LogP contribution in [0.2, 0.25) is 0 Å². The zero-order valence-electron chi connectivity index (χ0n) is 3.05. The van der Waals surface area contributed by atoms with Crippen molar-refractivity contribution in [3.8, 4) is 0 Å². The van der Waals surface area contributed by atoms with Gasteiger partial charge in [0.15, 0.2) is 0 Å². The van der Waals surface area contributed by atoms with Gasteiger partial charge in [0.1, 0.15) is 0 Å². The molecule has 0 aliphatic heterocycles. The summed E-state index contributed by atoms with van der Waals surface area (Å²) in [6.45, 7) is 6.00. The van der Waals surface area contributed by atoms with Crippen LogP contribution in [-0.2, 0) is 0 Å². The van der Waals surface area contributed by atoms with Crippen molar-refractivity contribution in [2.45, 2.75) is 0 Å². The summed E-state index contributed by atoms with van der Waals surface area (Å²) < 4.78 is 0. The molecule has 0 saturated heterocycles. The average Bonchev–Trinajstić information content (AvgIpc) is 1.00. The summed E-state index contributed by atoms with van der Waals surface area (Å²) in [6, 6.07) is 0. The molecule has 0 aromatic carbocycles. The predicted molar refractivity (Wildman–Crippen MR) is 43.3 cm³/mol. The van der Waals surface area contributed by atoms with Gasteiger partial charge in [-0.3, -0.25) is 0 Å². The van der Waals surface area contributed by atoms with Gasteiger partial charge in [-0.25, -0.2) is 0 Å². The highest BCUT2D eigenvalue weighted by molar-refractivity contribution is 8.93. The highest BCUT2D eigenvalue weighted by Crippen LogP contribution is 0.862. The van der Waals surface area contributed by atoms with E-state index >= 15 is 0 Å². The van der Waals surface area contributed by atoms with Crippen LogP contribution in [-0.4, -0.2) is 0 Å². The lowest BCUT2D eigenvalue weighted by Gasteiger charge is -0.813. The molecule has 6 heavy (non-hydrogen) atoms. The molecule has 0 bridgehead atoms. The van der Waals surface area contributed by atoms with Crippen molar-refractivity contribution in [3.05, 3.63) is 13.2 Å². The van der Waals surface area contributed by atoms with E-state index in [9.17, 15) is 0 Å². The fourth-order valence-corrected chi connectivity index (χ4v) is 0. The largest absolute Gasteiger partial charge is 0.147 e. The molecular formula is C2H8BrCl3. The Kier molecular flexibility index (Phi) is 1330. The Morgan fingerprint density at radius 3 is 0.667 bits per heavy atom. The summed E-state index contributed by atoms with van der Waals surface area (Å²) in [4.78, 5) is 0. The summed E-state index contributed by atoms with van der Waals surface area (Å²) in [7, 11) is 0. The molecule has 0 unspecified atom stereocenters. The lowest BCUT2D eigenvalue weighted by molar-refractivity contribution is 2.81. The summed E-state index contributed by atoms with van der Waals surface area (Å²) in [5, 5.41) is 0. The molecule has 0 saturated carbocycles. The predicted octanol–water partition coefficient (Wildman–Crippen LogP) is 2.65. The van der Waals surface area contributed by atoms with Crippen LogP contribution >= 0.6 is 54.2 Å². The first-order valence-electron chi connectivity index (χ1n) is 0.500. The Labute approximate surface area is 67.4 Å². The van der Waals surface area contributed by atoms with Gasteiger partial charge in [-0.05, 0) is 0 Å². The first-order chi connectivity index (χ1) is 1.00. The molecular weight excluding hydrogens is 210 g/mol. The Morgan fingerprint density at radius 1 is 0.667 bits per heavy atom. The summed E-state index contributed by atoms with van der Waals surface area (Å²) >= 11 is 0. The van der Waals surface area contributed by atoms with Crippen molar-refractivity contribution in [1.82, 2.24) is 0 Å². The quantitative estimate of drug-likeness (QED) is 0.548. The van der Waals surface area contributed by atoms with E-state index < -0.39 is 0 Å². The molecule has 0 N–H and O–H groups in total. The van der Waals surface area contributed by atoms with E-state index in [1.54, 1.807) is 0 Å². The fourth-order valence-electron chi connectivity index (χ4n) is 0. The lowest BCUT2D eigenvalue weighted by atomic mass is 11.3. The summed E-state index contributed by atoms with van der Waals surface area (Å²) in [5.41, 5.74) is 0. The first-order valence-corrected chi connectivity index (χ1v) is 0.500. The van der Waals surface area contributed by atoms with Gasteiger partial charge >= 0.3 is 0 Å². The third-order valence-corrected chi connectivity index (χ3v) is 0. The van der Waals surface area contributed by atoms with Gasteiger partial charge in [0, 0.05) is 0 Å². The van der Waals surface area contributed by atoms with Gasteiger partial charge in [0.2, 0.25) is 0 Å². The van der Waals surface area contributed by atoms with E-state index in [0.717, 1.165) is 0 Å². The van der Waals surface area contributed by atoms with Crippen LogP contribution in [0.15, 0.2) is 13.2 Å². The van der Waals surface area contributed by atoms with Crippen LogP contribution in [0.25, 0.3) is 0 Å². The fraction of sp³-hybridized carbons (Fsp3) is 0. The minimum Gasteiger partial charge on any atom is -0.147 e. The minimum absolute atomic E-state index is 0. The molecule has 0 aliphatic rings. The molecule has 0 amide bonds. The Bertz CT molecular complexity index is 8.75. The van der Waals surface area contributed by atoms with Crippen LogP contribution in [0.4, 0.5) is 0 Å². The molecule has 44 valence electrons. The van der Waals surface area contributed by atoms with Gasteiger partial charge in [-0.15, -0.1) is 67.4 Å². The number of hydrogen-bond donors (Lipinski definition) is 0. The molecule has 0 radical (unpaired) electrons. The van der Waals surface area contributed by atoms with Gasteiger partial charge in [-0.1, -0.05) is 0 Å². The van der Waals surface area contributed by atoms with E-state index in [2.05, 4.69) is 13.2 Å². The first kappa shape index (κ1) is 60.2. The molecule has 0 rings (SSSR count). The highest BCUT2D eigenvalue weighted by Gasteiger charge is 0.601. The van der Waals surface area contributed by atoms with E-state index in [-0.39, 0.29) is 54.2 Å². The molecule has 0 aromatic heterocycles. The minimum atomic E-state index is 0. The smallest absolute Gasteiger partial charge is 0.106 e. The molecule has 0 fully saturated rings. The monoisotopic (exact) mass is 216 g/mol. The Balaban J connectivity index is -0.000000000833. The van der Waals surface area contributed by atoms with Crippen LogP contribution < -0.4 is 0 Å². The molecule has 0 spiro atoms. The second-order valence-electron chi connectivity index (χ2n) is 0. The SMILES string of the molecule is Br.C=C.Cl.Cl.Cl. The third kappa shape index (κ3) is 71.7. The Morgan fingerprint density at radius 2 is 0.667 bits per heavy atom. The maximum absolute atomic E-state index is 3.00. The number of halogens is 4. The molecule has 0 atom stereocenters. The standard InChI is InChI=1S/C2H4.BrH.3ClH/c1-2;;;;/h1-2H2;4*1H. The van der Waals surface area contributed by atoms with Gasteiger partial charge in [0.05, 0.1) is 0 Å². The van der Waals surface area contributed by atoms with Crippen LogP contribution in [0.5, 0.6) is 0 Å². The maximum atomic E-state index is 3.00. The van der Waals surface area contributed by atoms with Crippen molar-refractivity contribution in [3.63, 3.8) is 0 Å². The normalized spacial score (nSPS) is 0.667. The van der Waals surface area contributed by atoms with Crippen LogP contribution in [0.3, 0.4) is 0 Å². The molecule has 0 nitrogen and oxygen atoms in total. The van der Waals surface area contributed by atoms with Gasteiger partial charge in [-0.2, -0.15) is 0 Å². The van der Waals surface area contributed by atoms with Crippen LogP contribution in [0.1, 0.15) is 0 Å². The van der Waals surface area contributed by atoms with E-state index in [1.807, 2.05) is 0 Å². The van der Waals surface area contributed by atoms with E-state index in [0.29, 0.717) is 0 Å². The lowest BCUT2D eigenvalue weighted by Crippen LogP contribution is -0.552. The second-order valence-corrected chi connectivity index (χ2v) is 0. The second kappa shape index (κ2) is 133. The van der Waals surface area contributed by atoms with Crippen molar-refractivity contribution >= 4 is 54.2 Å². The molecule has 0 aliphatic carbocycles. The molecule has 4 heteroatoms.